The predicted octanol–water partition coefficient (Wildman–Crippen LogP) is 6.67. The van der Waals surface area contributed by atoms with Gasteiger partial charge in [0.2, 0.25) is 0 Å². The van der Waals surface area contributed by atoms with Crippen LogP contribution in [0.4, 0.5) is 0 Å². The third-order valence-corrected chi connectivity index (χ3v) is 7.03. The Morgan fingerprint density at radius 1 is 0.769 bits per heavy atom. The van der Waals surface area contributed by atoms with E-state index in [9.17, 15) is 0 Å². The van der Waals surface area contributed by atoms with Crippen molar-refractivity contribution in [2.75, 3.05) is 0 Å². The number of pyridine rings is 1. The lowest BCUT2D eigenvalue weighted by Crippen LogP contribution is -2.16. The van der Waals surface area contributed by atoms with Gasteiger partial charge in [-0.05, 0) is 45.5 Å². The Morgan fingerprint density at radius 2 is 1.54 bits per heavy atom. The molecule has 4 aromatic rings. The normalized spacial score (nSPS) is 15.5. The van der Waals surface area contributed by atoms with Gasteiger partial charge in [0.1, 0.15) is 0 Å². The van der Waals surface area contributed by atoms with Crippen molar-refractivity contribution in [3.8, 4) is 22.3 Å². The molecule has 0 radical (unpaired) electrons. The summed E-state index contributed by atoms with van der Waals surface area (Å²) in [5.74, 6) is 0. The highest BCUT2D eigenvalue weighted by Gasteiger charge is 2.38. The van der Waals surface area contributed by atoms with Gasteiger partial charge in [0, 0.05) is 38.4 Å². The first-order chi connectivity index (χ1) is 12.7. The monoisotopic (exact) mass is 351 g/mol. The minimum absolute atomic E-state index is 0.00755. The van der Waals surface area contributed by atoms with Gasteiger partial charge in [-0.25, -0.2) is 0 Å². The van der Waals surface area contributed by atoms with Gasteiger partial charge >= 0.3 is 0 Å². The Balaban J connectivity index is 1.84. The molecule has 1 aromatic heterocycles. The van der Waals surface area contributed by atoms with Crippen LogP contribution in [-0.2, 0) is 5.41 Å². The molecule has 0 spiro atoms. The van der Waals surface area contributed by atoms with Crippen LogP contribution >= 0.6 is 11.8 Å². The topological polar surface area (TPSA) is 12.9 Å². The van der Waals surface area contributed by atoms with Crippen LogP contribution in [-0.4, -0.2) is 4.98 Å². The molecule has 2 heteroatoms. The molecule has 0 bridgehead atoms. The van der Waals surface area contributed by atoms with Gasteiger partial charge in [-0.15, -0.1) is 0 Å². The molecule has 124 valence electrons. The first kappa shape index (κ1) is 14.6. The lowest BCUT2D eigenvalue weighted by molar-refractivity contribution is 0.666. The highest BCUT2D eigenvalue weighted by molar-refractivity contribution is 7.99. The van der Waals surface area contributed by atoms with Crippen molar-refractivity contribution >= 4 is 22.5 Å². The maximum absolute atomic E-state index is 4.62. The van der Waals surface area contributed by atoms with E-state index < -0.39 is 0 Å². The number of hydrogen-bond donors (Lipinski definition) is 0. The number of fused-ring (bicyclic) bond motifs is 6. The lowest BCUT2D eigenvalue weighted by atomic mass is 9.79. The fraction of sp³-hybridized carbons (Fsp3) is 0.125. The van der Waals surface area contributed by atoms with Crippen molar-refractivity contribution in [3.63, 3.8) is 0 Å². The fourth-order valence-electron chi connectivity index (χ4n) is 4.81. The smallest absolute Gasteiger partial charge is 0.0414 e. The first-order valence-electron chi connectivity index (χ1n) is 8.98. The average Bonchev–Trinajstić information content (AvgIpc) is 2.90. The van der Waals surface area contributed by atoms with Crippen molar-refractivity contribution in [1.82, 2.24) is 4.98 Å². The van der Waals surface area contributed by atoms with E-state index in [2.05, 4.69) is 79.6 Å². The summed E-state index contributed by atoms with van der Waals surface area (Å²) in [6.45, 7) is 4.69. The first-order valence-corrected chi connectivity index (χ1v) is 9.80. The third kappa shape index (κ3) is 1.66. The minimum atomic E-state index is -0.00755. The molecule has 0 saturated carbocycles. The van der Waals surface area contributed by atoms with Crippen molar-refractivity contribution in [3.05, 3.63) is 78.1 Å². The summed E-state index contributed by atoms with van der Waals surface area (Å²) in [6.07, 6.45) is 4.09. The molecule has 26 heavy (non-hydrogen) atoms. The second-order valence-corrected chi connectivity index (χ2v) is 8.76. The van der Waals surface area contributed by atoms with E-state index in [4.69, 9.17) is 0 Å². The zero-order chi connectivity index (χ0) is 17.5. The number of hydrogen-bond acceptors (Lipinski definition) is 2. The van der Waals surface area contributed by atoms with Crippen LogP contribution in [0, 0.1) is 0 Å². The average molecular weight is 351 g/mol. The minimum Gasteiger partial charge on any atom is -0.263 e. The maximum Gasteiger partial charge on any atom is 0.0414 e. The van der Waals surface area contributed by atoms with Crippen LogP contribution in [0.1, 0.15) is 25.0 Å². The number of nitrogens with zero attached hydrogens (tertiary/aromatic N) is 1. The Hall–Kier alpha value is -2.58. The second-order valence-electron chi connectivity index (χ2n) is 7.68. The van der Waals surface area contributed by atoms with Crippen molar-refractivity contribution in [1.29, 1.82) is 0 Å². The number of rotatable bonds is 0. The van der Waals surface area contributed by atoms with E-state index in [-0.39, 0.29) is 5.41 Å². The zero-order valence-corrected chi connectivity index (χ0v) is 15.5. The molecule has 6 rings (SSSR count). The van der Waals surface area contributed by atoms with Gasteiger partial charge < -0.3 is 0 Å². The highest BCUT2D eigenvalue weighted by atomic mass is 32.2. The summed E-state index contributed by atoms with van der Waals surface area (Å²) >= 11 is 1.84. The molecule has 1 nitrogen and oxygen atoms in total. The standard InChI is InChI=1S/C24H17NS/c1-24(2)19-9-5-3-7-14(19)17-11-16-15-8-4-6-10-20(15)26-21-13-25-12-18(22(16)21)23(17)24/h3-13H,1-2H3. The fourth-order valence-corrected chi connectivity index (χ4v) is 5.92. The number of benzene rings is 3. The Kier molecular flexibility index (Phi) is 2.68. The summed E-state index contributed by atoms with van der Waals surface area (Å²) in [6, 6.07) is 20.0. The summed E-state index contributed by atoms with van der Waals surface area (Å²) in [5, 5.41) is 2.67. The summed E-state index contributed by atoms with van der Waals surface area (Å²) in [5.41, 5.74) is 8.25. The molecule has 0 saturated heterocycles. The third-order valence-electron chi connectivity index (χ3n) is 5.92. The van der Waals surface area contributed by atoms with E-state index in [0.29, 0.717) is 0 Å². The second kappa shape index (κ2) is 4.77. The van der Waals surface area contributed by atoms with Gasteiger partial charge in [-0.2, -0.15) is 0 Å². The molecule has 1 aliphatic carbocycles. The van der Waals surface area contributed by atoms with Crippen LogP contribution in [0.15, 0.2) is 76.8 Å². The van der Waals surface area contributed by atoms with Gasteiger partial charge in [-0.1, -0.05) is 68.1 Å². The molecule has 3 aromatic carbocycles. The maximum atomic E-state index is 4.62. The molecular formula is C24H17NS. The zero-order valence-electron chi connectivity index (χ0n) is 14.7. The lowest BCUT2D eigenvalue weighted by Gasteiger charge is -2.26. The quantitative estimate of drug-likeness (QED) is 0.309. The molecule has 2 aliphatic rings. The predicted molar refractivity (Wildman–Crippen MR) is 109 cm³/mol. The Bertz CT molecular complexity index is 1240. The van der Waals surface area contributed by atoms with Gasteiger partial charge in [0.25, 0.3) is 0 Å². The number of aromatic nitrogens is 1. The Labute approximate surface area is 157 Å². The molecule has 1 aliphatic heterocycles. The van der Waals surface area contributed by atoms with Crippen LogP contribution < -0.4 is 0 Å². The summed E-state index contributed by atoms with van der Waals surface area (Å²) < 4.78 is 0. The molecule has 0 amide bonds. The van der Waals surface area contributed by atoms with Crippen molar-refractivity contribution in [2.24, 2.45) is 0 Å². The van der Waals surface area contributed by atoms with E-state index in [1.165, 1.54) is 53.9 Å². The highest BCUT2D eigenvalue weighted by Crippen LogP contribution is 2.56. The van der Waals surface area contributed by atoms with E-state index in [1.54, 1.807) is 0 Å². The summed E-state index contributed by atoms with van der Waals surface area (Å²) in [4.78, 5) is 7.21. The van der Waals surface area contributed by atoms with E-state index in [1.807, 2.05) is 18.0 Å². The van der Waals surface area contributed by atoms with Crippen molar-refractivity contribution < 1.29 is 0 Å². The van der Waals surface area contributed by atoms with E-state index in [0.717, 1.165) is 0 Å². The van der Waals surface area contributed by atoms with Crippen LogP contribution in [0.3, 0.4) is 0 Å². The van der Waals surface area contributed by atoms with E-state index >= 15 is 0 Å². The molecular weight excluding hydrogens is 334 g/mol. The van der Waals surface area contributed by atoms with Crippen molar-refractivity contribution in [2.45, 2.75) is 29.1 Å². The SMILES string of the molecule is CC1(C)c2ccccc2-c2cc3c4c(cncc4c21)Sc1ccccc1-3. The van der Waals surface area contributed by atoms with Gasteiger partial charge in [0.15, 0.2) is 0 Å². The molecule has 0 atom stereocenters. The van der Waals surface area contributed by atoms with Crippen LogP contribution in [0.5, 0.6) is 0 Å². The van der Waals surface area contributed by atoms with Gasteiger partial charge in [-0.3, -0.25) is 4.98 Å². The van der Waals surface area contributed by atoms with Gasteiger partial charge in [0.05, 0.1) is 0 Å². The molecule has 0 unspecified atom stereocenters. The molecule has 0 fully saturated rings. The Morgan fingerprint density at radius 3 is 2.42 bits per heavy atom. The molecule has 2 heterocycles. The summed E-state index contributed by atoms with van der Waals surface area (Å²) in [7, 11) is 0. The van der Waals surface area contributed by atoms with Crippen LogP contribution in [0.2, 0.25) is 0 Å². The largest absolute Gasteiger partial charge is 0.263 e. The molecule has 0 N–H and O–H groups in total. The van der Waals surface area contributed by atoms with Crippen LogP contribution in [0.25, 0.3) is 33.0 Å².